The summed E-state index contributed by atoms with van der Waals surface area (Å²) in [6.45, 7) is 0. The summed E-state index contributed by atoms with van der Waals surface area (Å²) >= 11 is 0. The molecule has 0 unspecified atom stereocenters. The largest absolute Gasteiger partial charge is 0.309 e. The molecule has 238 valence electrons. The van der Waals surface area contributed by atoms with Crippen LogP contribution in [0.2, 0.25) is 0 Å². The second-order valence-electron chi connectivity index (χ2n) is 12.2. The summed E-state index contributed by atoms with van der Waals surface area (Å²) in [6, 6.07) is 70.1. The first-order valence-electron chi connectivity index (χ1n) is 16.8. The first-order valence-corrected chi connectivity index (χ1v) is 18.5. The van der Waals surface area contributed by atoms with E-state index in [-0.39, 0.29) is 0 Å². The van der Waals surface area contributed by atoms with Crippen LogP contribution in [0, 0.1) is 0 Å². The third-order valence-electron chi connectivity index (χ3n) is 9.18. The molecule has 8 rings (SSSR count). The average Bonchev–Trinajstić information content (AvgIpc) is 3.22. The predicted molar refractivity (Wildman–Crippen MR) is 211 cm³/mol. The van der Waals surface area contributed by atoms with Gasteiger partial charge >= 0.3 is 0 Å². The fourth-order valence-electron chi connectivity index (χ4n) is 6.82. The summed E-state index contributed by atoms with van der Waals surface area (Å²) in [5.41, 5.74) is 10.3. The fourth-order valence-corrected chi connectivity index (χ4v) is 9.46. The number of hydrogen-bond acceptors (Lipinski definition) is 2. The van der Waals surface area contributed by atoms with E-state index in [2.05, 4.69) is 133 Å². The number of pyridine rings is 1. The van der Waals surface area contributed by atoms with Crippen molar-refractivity contribution in [3.63, 3.8) is 0 Å². The van der Waals surface area contributed by atoms with Gasteiger partial charge in [-0.1, -0.05) is 206 Å². The van der Waals surface area contributed by atoms with Crippen molar-refractivity contribution in [2.45, 2.75) is 0 Å². The molecule has 7 aromatic carbocycles. The van der Waals surface area contributed by atoms with Crippen LogP contribution in [-0.4, -0.2) is 4.98 Å². The second kappa shape index (κ2) is 13.8. The van der Waals surface area contributed by atoms with Crippen molar-refractivity contribution in [3.8, 4) is 55.9 Å². The summed E-state index contributed by atoms with van der Waals surface area (Å²) in [5.74, 6) is 0. The molecule has 0 aliphatic rings. The predicted octanol–water partition coefficient (Wildman–Crippen LogP) is 11.1. The first-order chi connectivity index (χ1) is 24.7. The molecule has 50 heavy (non-hydrogen) atoms. The molecule has 0 N–H and O–H groups in total. The quantitative estimate of drug-likeness (QED) is 0.152. The second-order valence-corrected chi connectivity index (χ2v) is 15.0. The number of hydrogen-bond donors (Lipinski definition) is 0. The van der Waals surface area contributed by atoms with Crippen molar-refractivity contribution in [1.82, 2.24) is 4.98 Å². The van der Waals surface area contributed by atoms with Gasteiger partial charge < -0.3 is 4.57 Å². The Balaban J connectivity index is 1.46. The zero-order valence-electron chi connectivity index (χ0n) is 27.4. The van der Waals surface area contributed by atoms with Crippen molar-refractivity contribution >= 4 is 23.1 Å². The van der Waals surface area contributed by atoms with Gasteiger partial charge in [-0.25, -0.2) is 4.98 Å². The molecule has 3 heteroatoms. The standard InChI is InChI=1S/C47H34NOP/c49-50(40-27-15-5-16-28-40,41-29-17-6-18-30-41)42-33-31-37(32-34-42)43-44(35-19-7-1-8-20-35)46(38-23-11-3-12-24-38)48-47(39-25-13-4-14-26-39)45(43)36-21-9-2-10-22-36/h1-34H. The smallest absolute Gasteiger partial charge is 0.171 e. The van der Waals surface area contributed by atoms with E-state index in [4.69, 9.17) is 4.98 Å². The zero-order valence-corrected chi connectivity index (χ0v) is 28.3. The fraction of sp³-hybridized carbons (Fsp3) is 0. The van der Waals surface area contributed by atoms with E-state index in [1.807, 2.05) is 72.8 Å². The maximum absolute atomic E-state index is 15.3. The summed E-state index contributed by atoms with van der Waals surface area (Å²) in [4.78, 5) is 5.54. The van der Waals surface area contributed by atoms with Gasteiger partial charge in [-0.3, -0.25) is 0 Å². The molecule has 8 aromatic rings. The number of benzene rings is 7. The lowest BCUT2D eigenvalue weighted by atomic mass is 9.83. The molecular weight excluding hydrogens is 625 g/mol. The van der Waals surface area contributed by atoms with Crippen molar-refractivity contribution < 1.29 is 4.57 Å². The first kappa shape index (κ1) is 31.2. The Kier molecular flexibility index (Phi) is 8.61. The molecule has 0 spiro atoms. The van der Waals surface area contributed by atoms with Gasteiger partial charge in [0.05, 0.1) is 11.4 Å². The Morgan fingerprint density at radius 1 is 0.280 bits per heavy atom. The van der Waals surface area contributed by atoms with Crippen LogP contribution in [-0.2, 0) is 4.57 Å². The topological polar surface area (TPSA) is 30.0 Å². The summed E-state index contributed by atoms with van der Waals surface area (Å²) in [5, 5.41) is 2.42. The molecule has 0 fully saturated rings. The third-order valence-corrected chi connectivity index (χ3v) is 12.3. The Labute approximate surface area is 293 Å². The van der Waals surface area contributed by atoms with Gasteiger partial charge in [0.25, 0.3) is 0 Å². The third kappa shape index (κ3) is 5.81. The van der Waals surface area contributed by atoms with Gasteiger partial charge in [-0.2, -0.15) is 0 Å². The maximum atomic E-state index is 15.3. The molecule has 0 saturated carbocycles. The minimum absolute atomic E-state index is 0.793. The summed E-state index contributed by atoms with van der Waals surface area (Å²) in [7, 11) is -3.15. The molecule has 0 bridgehead atoms. The van der Waals surface area contributed by atoms with E-state index in [9.17, 15) is 0 Å². The highest BCUT2D eigenvalue weighted by Crippen LogP contribution is 2.49. The van der Waals surface area contributed by atoms with Crippen molar-refractivity contribution in [1.29, 1.82) is 0 Å². The van der Waals surface area contributed by atoms with Gasteiger partial charge in [0.1, 0.15) is 0 Å². The Morgan fingerprint density at radius 3 is 0.920 bits per heavy atom. The average molecular weight is 660 g/mol. The summed E-state index contributed by atoms with van der Waals surface area (Å²) in [6.07, 6.45) is 0. The van der Waals surface area contributed by atoms with E-state index in [1.54, 1.807) is 0 Å². The molecule has 2 nitrogen and oxygen atoms in total. The normalized spacial score (nSPS) is 11.3. The van der Waals surface area contributed by atoms with Crippen LogP contribution in [0.4, 0.5) is 0 Å². The molecular formula is C47H34NOP. The molecule has 0 aliphatic heterocycles. The molecule has 0 aliphatic carbocycles. The van der Waals surface area contributed by atoms with Crippen LogP contribution >= 0.6 is 7.14 Å². The molecule has 0 atom stereocenters. The highest BCUT2D eigenvalue weighted by Gasteiger charge is 2.30. The Morgan fingerprint density at radius 2 is 0.560 bits per heavy atom. The lowest BCUT2D eigenvalue weighted by molar-refractivity contribution is 0.592. The Bertz CT molecular complexity index is 2250. The maximum Gasteiger partial charge on any atom is 0.171 e. The van der Waals surface area contributed by atoms with Crippen LogP contribution in [0.15, 0.2) is 206 Å². The number of rotatable bonds is 8. The molecule has 0 amide bonds. The van der Waals surface area contributed by atoms with Gasteiger partial charge in [0.15, 0.2) is 7.14 Å². The molecule has 1 aromatic heterocycles. The van der Waals surface area contributed by atoms with Crippen LogP contribution in [0.5, 0.6) is 0 Å². The van der Waals surface area contributed by atoms with Crippen LogP contribution in [0.1, 0.15) is 0 Å². The highest BCUT2D eigenvalue weighted by molar-refractivity contribution is 7.85. The van der Waals surface area contributed by atoms with E-state index in [0.717, 1.165) is 71.8 Å². The molecule has 0 radical (unpaired) electrons. The SMILES string of the molecule is O=P(c1ccccc1)(c1ccccc1)c1ccc(-c2c(-c3ccccc3)c(-c3ccccc3)nc(-c3ccccc3)c2-c2ccccc2)cc1. The lowest BCUT2D eigenvalue weighted by Gasteiger charge is -2.24. The number of aromatic nitrogens is 1. The molecule has 1 heterocycles. The highest BCUT2D eigenvalue weighted by atomic mass is 31.2. The van der Waals surface area contributed by atoms with E-state index in [0.29, 0.717) is 0 Å². The molecule has 0 saturated heterocycles. The monoisotopic (exact) mass is 659 g/mol. The van der Waals surface area contributed by atoms with Gasteiger partial charge in [-0.15, -0.1) is 0 Å². The van der Waals surface area contributed by atoms with E-state index in [1.165, 1.54) is 0 Å². The lowest BCUT2D eigenvalue weighted by Crippen LogP contribution is -2.24. The van der Waals surface area contributed by atoms with Crippen LogP contribution < -0.4 is 15.9 Å². The van der Waals surface area contributed by atoms with Crippen molar-refractivity contribution in [3.05, 3.63) is 206 Å². The van der Waals surface area contributed by atoms with Crippen molar-refractivity contribution in [2.24, 2.45) is 0 Å². The van der Waals surface area contributed by atoms with Gasteiger partial charge in [0.2, 0.25) is 0 Å². The van der Waals surface area contributed by atoms with Crippen molar-refractivity contribution in [2.75, 3.05) is 0 Å². The van der Waals surface area contributed by atoms with Crippen LogP contribution in [0.3, 0.4) is 0 Å². The van der Waals surface area contributed by atoms with Gasteiger partial charge in [-0.05, 0) is 16.7 Å². The summed E-state index contributed by atoms with van der Waals surface area (Å²) < 4.78 is 15.3. The van der Waals surface area contributed by atoms with Crippen LogP contribution in [0.25, 0.3) is 55.9 Å². The van der Waals surface area contributed by atoms with Gasteiger partial charge in [0, 0.05) is 43.7 Å². The minimum Gasteiger partial charge on any atom is -0.309 e. The van der Waals surface area contributed by atoms with E-state index >= 15 is 4.57 Å². The Hall–Kier alpha value is -6.08. The van der Waals surface area contributed by atoms with E-state index < -0.39 is 7.14 Å². The minimum atomic E-state index is -3.15. The number of nitrogens with zero attached hydrogens (tertiary/aromatic N) is 1. The zero-order chi connectivity index (χ0) is 33.8.